The molecule has 7 aromatic carbocycles. The van der Waals surface area contributed by atoms with Crippen LogP contribution >= 0.6 is 0 Å². The molecule has 0 N–H and O–H groups in total. The van der Waals surface area contributed by atoms with E-state index in [1.54, 1.807) is 0 Å². The third kappa shape index (κ3) is 4.31. The predicted molar refractivity (Wildman–Crippen MR) is 200 cm³/mol. The Morgan fingerprint density at radius 2 is 1.04 bits per heavy atom. The van der Waals surface area contributed by atoms with Gasteiger partial charge in [-0.25, -0.2) is 0 Å². The summed E-state index contributed by atoms with van der Waals surface area (Å²) in [6, 6.07) is 57.8. The maximum atomic E-state index is 10.2. The Morgan fingerprint density at radius 3 is 1.80 bits per heavy atom. The molecule has 2 heterocycles. The van der Waals surface area contributed by atoms with Crippen LogP contribution in [0, 0.1) is 34.0 Å². The Balaban J connectivity index is 1.20. The second-order valence-electron chi connectivity index (χ2n) is 12.3. The lowest BCUT2D eigenvalue weighted by Crippen LogP contribution is -1.98. The van der Waals surface area contributed by atoms with Gasteiger partial charge in [-0.05, 0) is 77.9 Å². The molecule has 0 bridgehead atoms. The van der Waals surface area contributed by atoms with Crippen LogP contribution in [0.1, 0.15) is 16.7 Å². The first-order chi connectivity index (χ1) is 24.7. The zero-order chi connectivity index (χ0) is 33.8. The van der Waals surface area contributed by atoms with Crippen molar-refractivity contribution in [2.45, 2.75) is 0 Å². The highest BCUT2D eigenvalue weighted by Gasteiger charge is 2.18. The lowest BCUT2D eigenvalue weighted by molar-refractivity contribution is 1.18. The zero-order valence-electron chi connectivity index (χ0n) is 26.7. The second kappa shape index (κ2) is 11.4. The summed E-state index contributed by atoms with van der Waals surface area (Å²) in [5, 5.41) is 34.1. The molecule has 9 rings (SSSR count). The molecule has 0 spiro atoms. The van der Waals surface area contributed by atoms with Crippen LogP contribution in [0.2, 0.25) is 0 Å². The third-order valence-electron chi connectivity index (χ3n) is 9.65. The number of para-hydroxylation sites is 4. The minimum absolute atomic E-state index is 0.587. The van der Waals surface area contributed by atoms with Gasteiger partial charge in [0.1, 0.15) is 6.07 Å². The van der Waals surface area contributed by atoms with Crippen LogP contribution in [0.5, 0.6) is 0 Å². The van der Waals surface area contributed by atoms with Crippen molar-refractivity contribution in [1.29, 1.82) is 15.8 Å². The van der Waals surface area contributed by atoms with Gasteiger partial charge in [0.05, 0.1) is 56.6 Å². The summed E-state index contributed by atoms with van der Waals surface area (Å²) < 4.78 is 4.41. The molecule has 5 nitrogen and oxygen atoms in total. The van der Waals surface area contributed by atoms with E-state index in [4.69, 9.17) is 0 Å². The van der Waals surface area contributed by atoms with Crippen LogP contribution < -0.4 is 0 Å². The minimum Gasteiger partial charge on any atom is -0.309 e. The molecule has 0 atom stereocenters. The molecule has 2 aromatic heterocycles. The van der Waals surface area contributed by atoms with Crippen LogP contribution in [0.25, 0.3) is 77.2 Å². The molecule has 0 amide bonds. The summed E-state index contributed by atoms with van der Waals surface area (Å²) in [5.41, 5.74) is 11.5. The van der Waals surface area contributed by atoms with E-state index in [0.717, 1.165) is 77.2 Å². The number of fused-ring (bicyclic) bond motifs is 6. The van der Waals surface area contributed by atoms with Gasteiger partial charge in [0, 0.05) is 38.4 Å². The topological polar surface area (TPSA) is 81.2 Å². The highest BCUT2D eigenvalue weighted by molar-refractivity contribution is 6.11. The summed E-state index contributed by atoms with van der Waals surface area (Å²) in [6.07, 6.45) is 0. The fourth-order valence-electron chi connectivity index (χ4n) is 7.43. The molecule has 0 aliphatic carbocycles. The van der Waals surface area contributed by atoms with E-state index in [0.29, 0.717) is 16.7 Å². The molecule has 0 saturated heterocycles. The zero-order valence-corrected chi connectivity index (χ0v) is 26.7. The Morgan fingerprint density at radius 1 is 0.400 bits per heavy atom. The molecule has 0 saturated carbocycles. The van der Waals surface area contributed by atoms with Gasteiger partial charge in [0.15, 0.2) is 0 Å². The first kappa shape index (κ1) is 28.8. The molecule has 50 heavy (non-hydrogen) atoms. The van der Waals surface area contributed by atoms with Gasteiger partial charge < -0.3 is 9.13 Å². The van der Waals surface area contributed by atoms with Crippen molar-refractivity contribution in [2.24, 2.45) is 0 Å². The van der Waals surface area contributed by atoms with Crippen LogP contribution in [-0.4, -0.2) is 9.13 Å². The summed E-state index contributed by atoms with van der Waals surface area (Å²) in [4.78, 5) is 0. The molecule has 0 unspecified atom stereocenters. The quantitative estimate of drug-likeness (QED) is 0.193. The average molecular weight is 636 g/mol. The van der Waals surface area contributed by atoms with Gasteiger partial charge >= 0.3 is 0 Å². The number of nitriles is 3. The predicted octanol–water partition coefficient (Wildman–Crippen LogP) is 10.8. The monoisotopic (exact) mass is 635 g/mol. The number of hydrogen-bond acceptors (Lipinski definition) is 3. The molecular formula is C45H25N5. The lowest BCUT2D eigenvalue weighted by atomic mass is 9.94. The summed E-state index contributed by atoms with van der Waals surface area (Å²) >= 11 is 0. The van der Waals surface area contributed by atoms with E-state index in [1.807, 2.05) is 78.9 Å². The van der Waals surface area contributed by atoms with Crippen LogP contribution in [-0.2, 0) is 0 Å². The van der Waals surface area contributed by atoms with Crippen molar-refractivity contribution in [3.63, 3.8) is 0 Å². The molecule has 230 valence electrons. The fourth-order valence-corrected chi connectivity index (χ4v) is 7.43. The van der Waals surface area contributed by atoms with Gasteiger partial charge in [-0.2, -0.15) is 15.8 Å². The fraction of sp³-hybridized carbons (Fsp3) is 0. The van der Waals surface area contributed by atoms with Gasteiger partial charge in [-0.15, -0.1) is 0 Å². The van der Waals surface area contributed by atoms with E-state index in [9.17, 15) is 15.8 Å². The van der Waals surface area contributed by atoms with E-state index in [1.165, 1.54) is 0 Å². The van der Waals surface area contributed by atoms with E-state index >= 15 is 0 Å². The first-order valence-corrected chi connectivity index (χ1v) is 16.3. The highest BCUT2D eigenvalue weighted by Crippen LogP contribution is 2.39. The molecular weight excluding hydrogens is 611 g/mol. The molecule has 0 radical (unpaired) electrons. The van der Waals surface area contributed by atoms with E-state index in [-0.39, 0.29) is 0 Å². The summed E-state index contributed by atoms with van der Waals surface area (Å²) in [6.45, 7) is 0. The van der Waals surface area contributed by atoms with Crippen LogP contribution in [0.4, 0.5) is 0 Å². The van der Waals surface area contributed by atoms with Crippen LogP contribution in [0.15, 0.2) is 152 Å². The van der Waals surface area contributed by atoms with Crippen LogP contribution in [0.3, 0.4) is 0 Å². The lowest BCUT2D eigenvalue weighted by Gasteiger charge is -2.16. The highest BCUT2D eigenvalue weighted by atomic mass is 15.0. The van der Waals surface area contributed by atoms with Crippen molar-refractivity contribution < 1.29 is 0 Å². The van der Waals surface area contributed by atoms with Crippen molar-refractivity contribution in [1.82, 2.24) is 9.13 Å². The molecule has 0 aliphatic heterocycles. The second-order valence-corrected chi connectivity index (χ2v) is 12.3. The van der Waals surface area contributed by atoms with Crippen molar-refractivity contribution in [2.75, 3.05) is 0 Å². The van der Waals surface area contributed by atoms with E-state index < -0.39 is 0 Å². The Labute approximate surface area is 287 Å². The van der Waals surface area contributed by atoms with Crippen molar-refractivity contribution >= 4 is 43.6 Å². The van der Waals surface area contributed by atoms with Gasteiger partial charge in [-0.1, -0.05) is 84.9 Å². The van der Waals surface area contributed by atoms with Crippen molar-refractivity contribution in [3.05, 3.63) is 168 Å². The number of nitrogens with zero attached hydrogens (tertiary/aromatic N) is 5. The molecule has 0 aliphatic rings. The SMILES string of the molecule is N#Cc1ccc2c(c1)c1ccccc1n2-c1ccccc1-c1ccc(C#N)c(-c2ccc(-n3c4ccccc4c4cccc(C#N)c43)cc2)c1. The third-order valence-corrected chi connectivity index (χ3v) is 9.65. The largest absolute Gasteiger partial charge is 0.309 e. The Hall–Kier alpha value is -7.39. The summed E-state index contributed by atoms with van der Waals surface area (Å²) in [5.74, 6) is 0. The molecule has 0 fully saturated rings. The van der Waals surface area contributed by atoms with E-state index in [2.05, 4.69) is 100 Å². The number of benzene rings is 7. The Bertz CT molecular complexity index is 2960. The van der Waals surface area contributed by atoms with Crippen molar-refractivity contribution in [3.8, 4) is 51.8 Å². The molecule has 5 heteroatoms. The normalized spacial score (nSPS) is 11.1. The average Bonchev–Trinajstić information content (AvgIpc) is 3.70. The molecule has 9 aromatic rings. The number of aromatic nitrogens is 2. The maximum Gasteiger partial charge on any atom is 0.101 e. The summed E-state index contributed by atoms with van der Waals surface area (Å²) in [7, 11) is 0. The Kier molecular flexibility index (Phi) is 6.56. The smallest absolute Gasteiger partial charge is 0.101 e. The number of rotatable bonds is 4. The standard InChI is InChI=1S/C45H25N5/c46-26-29-16-23-44-40(24-29)37-11-3-6-15-43(37)50(44)41-13-4-1-9-35(41)31-17-18-32(27-47)39(25-31)30-19-21-34(22-20-30)49-42-14-5-2-10-36(42)38-12-7-8-33(28-48)45(38)49/h1-25H. The van der Waals surface area contributed by atoms with Gasteiger partial charge in [0.25, 0.3) is 0 Å². The maximum absolute atomic E-state index is 10.2. The number of hydrogen-bond donors (Lipinski definition) is 0. The minimum atomic E-state index is 0.587. The van der Waals surface area contributed by atoms with Gasteiger partial charge in [-0.3, -0.25) is 0 Å². The first-order valence-electron chi connectivity index (χ1n) is 16.3. The van der Waals surface area contributed by atoms with Gasteiger partial charge in [0.2, 0.25) is 0 Å².